The fourth-order valence-electron chi connectivity index (χ4n) is 3.47. The Hall–Kier alpha value is -2.22. The summed E-state index contributed by atoms with van der Waals surface area (Å²) in [7, 11) is -3.14. The van der Waals surface area contributed by atoms with Crippen LogP contribution >= 0.6 is 0 Å². The van der Waals surface area contributed by atoms with E-state index in [0.29, 0.717) is 24.0 Å². The predicted molar refractivity (Wildman–Crippen MR) is 95.4 cm³/mol. The van der Waals surface area contributed by atoms with Crippen LogP contribution in [-0.2, 0) is 14.6 Å². The Labute approximate surface area is 152 Å². The second-order valence-electron chi connectivity index (χ2n) is 7.28. The number of amides is 3. The van der Waals surface area contributed by atoms with Crippen molar-refractivity contribution in [3.05, 3.63) is 35.4 Å². The Balaban J connectivity index is 1.84. The number of carbonyl (C=O) groups is 3. The van der Waals surface area contributed by atoms with Crippen molar-refractivity contribution in [2.24, 2.45) is 5.92 Å². The molecule has 0 unspecified atom stereocenters. The van der Waals surface area contributed by atoms with Gasteiger partial charge in [-0.15, -0.1) is 0 Å². The Kier molecular flexibility index (Phi) is 4.88. The molecule has 3 amide bonds. The summed E-state index contributed by atoms with van der Waals surface area (Å²) in [6, 6.07) is 5.07. The van der Waals surface area contributed by atoms with Gasteiger partial charge < -0.3 is 5.32 Å². The number of rotatable bonds is 5. The third kappa shape index (κ3) is 3.51. The first kappa shape index (κ1) is 18.6. The quantitative estimate of drug-likeness (QED) is 0.771. The number of nitrogens with zero attached hydrogens (tertiary/aromatic N) is 1. The number of hydrogen-bond acceptors (Lipinski definition) is 5. The number of imide groups is 1. The van der Waals surface area contributed by atoms with Crippen molar-refractivity contribution in [2.75, 3.05) is 11.5 Å². The SMILES string of the molecule is CC(C)C[C@H](C(=O)N[C@@H]1CCS(=O)(=O)C1)N1C(=O)c2ccccc2C1=O. The lowest BCUT2D eigenvalue weighted by atomic mass is 10.0. The molecule has 1 aromatic rings. The van der Waals surface area contributed by atoms with Gasteiger partial charge >= 0.3 is 0 Å². The van der Waals surface area contributed by atoms with Crippen molar-refractivity contribution >= 4 is 27.6 Å². The van der Waals surface area contributed by atoms with E-state index in [0.717, 1.165) is 4.90 Å². The van der Waals surface area contributed by atoms with E-state index in [1.54, 1.807) is 24.3 Å². The summed E-state index contributed by atoms with van der Waals surface area (Å²) >= 11 is 0. The number of hydrogen-bond donors (Lipinski definition) is 1. The summed E-state index contributed by atoms with van der Waals surface area (Å²) in [6.45, 7) is 3.80. The number of benzene rings is 1. The Morgan fingerprint density at radius 2 is 1.77 bits per heavy atom. The second kappa shape index (κ2) is 6.83. The van der Waals surface area contributed by atoms with Gasteiger partial charge in [-0.2, -0.15) is 0 Å². The van der Waals surface area contributed by atoms with Gasteiger partial charge in [0.05, 0.1) is 22.6 Å². The molecular weight excluding hydrogens is 356 g/mol. The Morgan fingerprint density at radius 1 is 1.19 bits per heavy atom. The molecule has 0 aliphatic carbocycles. The highest BCUT2D eigenvalue weighted by Gasteiger charge is 2.43. The van der Waals surface area contributed by atoms with Crippen molar-refractivity contribution in [3.8, 4) is 0 Å². The molecule has 1 fully saturated rings. The van der Waals surface area contributed by atoms with Crippen LogP contribution in [0.1, 0.15) is 47.4 Å². The molecule has 7 nitrogen and oxygen atoms in total. The monoisotopic (exact) mass is 378 g/mol. The van der Waals surface area contributed by atoms with Crippen molar-refractivity contribution in [2.45, 2.75) is 38.8 Å². The maximum atomic E-state index is 12.8. The molecule has 1 saturated heterocycles. The van der Waals surface area contributed by atoms with Crippen LogP contribution in [0.4, 0.5) is 0 Å². The highest BCUT2D eigenvalue weighted by Crippen LogP contribution is 2.27. The van der Waals surface area contributed by atoms with Crippen molar-refractivity contribution < 1.29 is 22.8 Å². The van der Waals surface area contributed by atoms with Crippen molar-refractivity contribution in [1.29, 1.82) is 0 Å². The van der Waals surface area contributed by atoms with Gasteiger partial charge in [-0.05, 0) is 30.9 Å². The zero-order chi connectivity index (χ0) is 19.1. The number of sulfone groups is 1. The van der Waals surface area contributed by atoms with Crippen molar-refractivity contribution in [1.82, 2.24) is 10.2 Å². The van der Waals surface area contributed by atoms with Crippen molar-refractivity contribution in [3.63, 3.8) is 0 Å². The zero-order valence-electron chi connectivity index (χ0n) is 14.8. The maximum Gasteiger partial charge on any atom is 0.262 e. The lowest BCUT2D eigenvalue weighted by Gasteiger charge is -2.27. The molecule has 0 aromatic heterocycles. The molecular formula is C18H22N2O5S. The van der Waals surface area contributed by atoms with Crippen LogP contribution in [0.3, 0.4) is 0 Å². The van der Waals surface area contributed by atoms with Gasteiger partial charge in [-0.3, -0.25) is 19.3 Å². The Morgan fingerprint density at radius 3 is 2.23 bits per heavy atom. The summed E-state index contributed by atoms with van der Waals surface area (Å²) in [4.78, 5) is 39.2. The second-order valence-corrected chi connectivity index (χ2v) is 9.51. The first-order chi connectivity index (χ1) is 12.2. The highest BCUT2D eigenvalue weighted by atomic mass is 32.2. The number of carbonyl (C=O) groups excluding carboxylic acids is 3. The standard InChI is InChI=1S/C18H22N2O5S/c1-11(2)9-15(16(21)19-12-7-8-26(24,25)10-12)20-17(22)13-5-3-4-6-14(13)18(20)23/h3-6,11-12,15H,7-10H2,1-2H3,(H,19,21)/t12-,15-/m1/s1. The first-order valence-electron chi connectivity index (χ1n) is 8.67. The van der Waals surface area contributed by atoms with E-state index in [1.165, 1.54) is 0 Å². The molecule has 8 heteroatoms. The van der Waals surface area contributed by atoms with Gasteiger partial charge in [0, 0.05) is 6.04 Å². The van der Waals surface area contributed by atoms with Gasteiger partial charge in [0.1, 0.15) is 6.04 Å². The lowest BCUT2D eigenvalue weighted by Crippen LogP contribution is -2.52. The van der Waals surface area contributed by atoms with E-state index in [2.05, 4.69) is 5.32 Å². The molecule has 0 saturated carbocycles. The lowest BCUT2D eigenvalue weighted by molar-refractivity contribution is -0.126. The smallest absolute Gasteiger partial charge is 0.262 e. The first-order valence-corrected chi connectivity index (χ1v) is 10.5. The number of nitrogens with one attached hydrogen (secondary N) is 1. The van der Waals surface area contributed by atoms with Gasteiger partial charge in [0.15, 0.2) is 9.84 Å². The largest absolute Gasteiger partial charge is 0.351 e. The van der Waals surface area contributed by atoms with Crippen LogP contribution < -0.4 is 5.32 Å². The molecule has 3 rings (SSSR count). The molecule has 0 spiro atoms. The molecule has 2 atom stereocenters. The Bertz CT molecular complexity index is 827. The van der Waals surface area contributed by atoms with Gasteiger partial charge in [-0.25, -0.2) is 8.42 Å². The van der Waals surface area contributed by atoms with E-state index < -0.39 is 39.6 Å². The van der Waals surface area contributed by atoms with E-state index in [9.17, 15) is 22.8 Å². The highest BCUT2D eigenvalue weighted by molar-refractivity contribution is 7.91. The number of fused-ring (bicyclic) bond motifs is 1. The molecule has 2 aliphatic rings. The summed E-state index contributed by atoms with van der Waals surface area (Å²) in [6.07, 6.45) is 0.668. The van der Waals surface area contributed by atoms with Crippen LogP contribution in [0.15, 0.2) is 24.3 Å². The van der Waals surface area contributed by atoms with Crippen LogP contribution in [0.5, 0.6) is 0 Å². The normalized spacial score (nSPS) is 22.6. The molecule has 0 bridgehead atoms. The topological polar surface area (TPSA) is 101 Å². The van der Waals surface area contributed by atoms with E-state index in [1.807, 2.05) is 13.8 Å². The maximum absolute atomic E-state index is 12.8. The third-order valence-corrected chi connectivity index (χ3v) is 6.48. The van der Waals surface area contributed by atoms with Crippen LogP contribution in [0, 0.1) is 5.92 Å². The van der Waals surface area contributed by atoms with Crippen LogP contribution in [0.2, 0.25) is 0 Å². The predicted octanol–water partition coefficient (Wildman–Crippen LogP) is 1.00. The molecule has 1 aromatic carbocycles. The summed E-state index contributed by atoms with van der Waals surface area (Å²) < 4.78 is 23.2. The summed E-state index contributed by atoms with van der Waals surface area (Å²) in [5.41, 5.74) is 0.588. The summed E-state index contributed by atoms with van der Waals surface area (Å²) in [5, 5.41) is 2.72. The minimum absolute atomic E-state index is 0.0415. The van der Waals surface area contributed by atoms with Gasteiger partial charge in [0.25, 0.3) is 11.8 Å². The zero-order valence-corrected chi connectivity index (χ0v) is 15.6. The molecule has 2 aliphatic heterocycles. The van der Waals surface area contributed by atoms with E-state index in [-0.39, 0.29) is 17.4 Å². The van der Waals surface area contributed by atoms with Crippen LogP contribution in [-0.4, -0.2) is 54.6 Å². The average Bonchev–Trinajstić information content (AvgIpc) is 3.03. The molecule has 1 N–H and O–H groups in total. The third-order valence-electron chi connectivity index (χ3n) is 4.71. The van der Waals surface area contributed by atoms with Gasteiger partial charge in [-0.1, -0.05) is 26.0 Å². The minimum Gasteiger partial charge on any atom is -0.351 e. The molecule has 140 valence electrons. The van der Waals surface area contributed by atoms with Gasteiger partial charge in [0.2, 0.25) is 5.91 Å². The van der Waals surface area contributed by atoms with Crippen LogP contribution in [0.25, 0.3) is 0 Å². The molecule has 0 radical (unpaired) electrons. The molecule has 2 heterocycles. The van der Waals surface area contributed by atoms with E-state index in [4.69, 9.17) is 0 Å². The fraction of sp³-hybridized carbons (Fsp3) is 0.500. The minimum atomic E-state index is -3.14. The fourth-order valence-corrected chi connectivity index (χ4v) is 5.15. The summed E-state index contributed by atoms with van der Waals surface area (Å²) in [5.74, 6) is -1.43. The molecule has 26 heavy (non-hydrogen) atoms. The van der Waals surface area contributed by atoms with E-state index >= 15 is 0 Å². The average molecular weight is 378 g/mol.